The molecule has 0 atom stereocenters. The number of benzene rings is 1. The predicted molar refractivity (Wildman–Crippen MR) is 84.0 cm³/mol. The average Bonchev–Trinajstić information content (AvgIpc) is 2.40. The van der Waals surface area contributed by atoms with Gasteiger partial charge in [-0.15, -0.1) is 13.1 Å². The van der Waals surface area contributed by atoms with Crippen molar-refractivity contribution in [2.45, 2.75) is 32.8 Å². The fraction of sp³-hybridized carbons (Fsp3) is 0.412. The number of rotatable bonds is 5. The van der Waals surface area contributed by atoms with E-state index >= 15 is 0 Å². The maximum Gasteiger partial charge on any atom is 1.00 e. The number of nitrogens with zero attached hydrogens (tertiary/aromatic N) is 1. The number of carbonyl (C=O) groups is 1. The van der Waals surface area contributed by atoms with Gasteiger partial charge in [0.15, 0.2) is 0 Å². The smallest absolute Gasteiger partial charge is 0.649 e. The molecular weight excluding hydrogens is 273 g/mol. The maximum absolute atomic E-state index is 11.6. The molecule has 0 bridgehead atoms. The van der Waals surface area contributed by atoms with Gasteiger partial charge in [-0.1, -0.05) is 36.8 Å². The monoisotopic (exact) mass is 297 g/mol. The van der Waals surface area contributed by atoms with E-state index in [0.29, 0.717) is 19.5 Å². The van der Waals surface area contributed by atoms with Crippen molar-refractivity contribution < 1.29 is 33.2 Å². The van der Waals surface area contributed by atoms with E-state index < -0.39 is 0 Å². The Hall–Kier alpha value is -1.24. The number of hydrogen-bond acceptors (Lipinski definition) is 3. The van der Waals surface area contributed by atoms with E-state index in [2.05, 4.69) is 18.6 Å². The van der Waals surface area contributed by atoms with Crippen molar-refractivity contribution in [2.24, 2.45) is 0 Å². The summed E-state index contributed by atoms with van der Waals surface area (Å²) in [6, 6.07) is 9.70. The average molecular weight is 297 g/mol. The van der Waals surface area contributed by atoms with Crippen LogP contribution < -0.4 is 18.9 Å². The van der Waals surface area contributed by atoms with E-state index in [1.165, 1.54) is 6.47 Å². The van der Waals surface area contributed by atoms with Gasteiger partial charge in [-0.2, -0.15) is 0 Å². The Morgan fingerprint density at radius 1 is 1.18 bits per heavy atom. The van der Waals surface area contributed by atoms with E-state index in [1.54, 1.807) is 25.7 Å². The van der Waals surface area contributed by atoms with Crippen molar-refractivity contribution in [3.63, 3.8) is 0 Å². The summed E-state index contributed by atoms with van der Waals surface area (Å²) in [6.07, 6.45) is 0.436. The summed E-state index contributed by atoms with van der Waals surface area (Å²) in [5, 5.41) is 0. The second kappa shape index (κ2) is 12.3. The summed E-state index contributed by atoms with van der Waals surface area (Å²) >= 11 is 0. The first-order valence-corrected chi connectivity index (χ1v) is 6.79. The summed E-state index contributed by atoms with van der Waals surface area (Å²) in [7, 11) is 0. The van der Waals surface area contributed by atoms with Gasteiger partial charge in [0.1, 0.15) is 0 Å². The van der Waals surface area contributed by atoms with Crippen molar-refractivity contribution in [3.8, 4) is 0 Å². The quantitative estimate of drug-likeness (QED) is 0.549. The van der Waals surface area contributed by atoms with E-state index in [1.807, 2.05) is 30.3 Å². The van der Waals surface area contributed by atoms with Crippen LogP contribution in [0.1, 0.15) is 26.3 Å². The van der Waals surface area contributed by atoms with Crippen LogP contribution in [0.2, 0.25) is 0 Å². The Morgan fingerprint density at radius 2 is 1.68 bits per heavy atom. The van der Waals surface area contributed by atoms with Gasteiger partial charge in [0.05, 0.1) is 12.0 Å². The van der Waals surface area contributed by atoms with Gasteiger partial charge in [0.25, 0.3) is 0 Å². The molecule has 1 rings (SSSR count). The Kier molecular flexibility index (Phi) is 12.9. The van der Waals surface area contributed by atoms with Crippen molar-refractivity contribution >= 4 is 12.4 Å². The van der Waals surface area contributed by atoms with Gasteiger partial charge < -0.3 is 28.3 Å². The molecule has 0 spiro atoms. The molecule has 0 unspecified atom stereocenters. The van der Waals surface area contributed by atoms with Gasteiger partial charge >= 0.3 is 18.9 Å². The van der Waals surface area contributed by atoms with Crippen LogP contribution in [0.5, 0.6) is 0 Å². The second-order valence-electron chi connectivity index (χ2n) is 5.34. The Bertz CT molecular complexity index is 412. The van der Waals surface area contributed by atoms with Crippen molar-refractivity contribution in [1.29, 1.82) is 0 Å². The molecule has 0 aliphatic carbocycles. The molecule has 22 heavy (non-hydrogen) atoms. The summed E-state index contributed by atoms with van der Waals surface area (Å²) in [5.74, 6) is 0.0844. The molecule has 0 aliphatic rings. The molecule has 1 aromatic carbocycles. The molecule has 1 amide bonds. The standard InChI is InChI=1S/C12H15NO.C5H9O2.Li/c1-3-13(4-2)12(14)10-11-8-6-5-7-9-11;1-5(2,3)7-4-6;/h5-9H,1-4,10H2;1-3H3;/q-2;-1;+1. The molecule has 118 valence electrons. The summed E-state index contributed by atoms with van der Waals surface area (Å²) in [4.78, 5) is 22.7. The van der Waals surface area contributed by atoms with E-state index in [4.69, 9.17) is 0 Å². The van der Waals surface area contributed by atoms with E-state index in [9.17, 15) is 9.59 Å². The normalized spacial score (nSPS) is 9.68. The molecular formula is C17H24LiNO3-2. The first-order chi connectivity index (χ1) is 9.84. The first-order valence-electron chi connectivity index (χ1n) is 6.79. The maximum atomic E-state index is 11.6. The van der Waals surface area contributed by atoms with Crippen LogP contribution in [-0.2, 0) is 20.7 Å². The van der Waals surface area contributed by atoms with E-state index in [0.717, 1.165) is 5.56 Å². The first kappa shape index (κ1) is 23.0. The van der Waals surface area contributed by atoms with Crippen LogP contribution in [0.4, 0.5) is 0 Å². The minimum atomic E-state index is -0.373. The fourth-order valence-electron chi connectivity index (χ4n) is 1.37. The summed E-state index contributed by atoms with van der Waals surface area (Å²) in [5.41, 5.74) is 0.659. The van der Waals surface area contributed by atoms with Crippen LogP contribution in [0.15, 0.2) is 30.3 Å². The molecule has 0 saturated heterocycles. The van der Waals surface area contributed by atoms with Crippen molar-refractivity contribution in [3.05, 3.63) is 49.7 Å². The van der Waals surface area contributed by atoms with Gasteiger partial charge in [0.2, 0.25) is 5.91 Å². The molecule has 0 fully saturated rings. The fourth-order valence-corrected chi connectivity index (χ4v) is 1.37. The minimum absolute atomic E-state index is 0. The Labute approximate surface area is 146 Å². The third-order valence-electron chi connectivity index (χ3n) is 2.44. The summed E-state index contributed by atoms with van der Waals surface area (Å²) < 4.78 is 4.42. The van der Waals surface area contributed by atoms with E-state index in [-0.39, 0.29) is 30.4 Å². The van der Waals surface area contributed by atoms with Crippen molar-refractivity contribution in [2.75, 3.05) is 13.1 Å². The molecule has 4 nitrogen and oxygen atoms in total. The molecule has 0 heterocycles. The summed E-state index contributed by atoms with van der Waals surface area (Å²) in [6.45, 7) is 15.1. The van der Waals surface area contributed by atoms with Gasteiger partial charge in [-0.05, 0) is 26.3 Å². The van der Waals surface area contributed by atoms with Crippen LogP contribution in [0.25, 0.3) is 0 Å². The minimum Gasteiger partial charge on any atom is -0.649 e. The molecule has 0 aliphatic heterocycles. The molecule has 0 N–H and O–H groups in total. The van der Waals surface area contributed by atoms with Crippen LogP contribution in [0, 0.1) is 13.8 Å². The molecule has 0 radical (unpaired) electrons. The van der Waals surface area contributed by atoms with Crippen LogP contribution >= 0.6 is 0 Å². The number of hydrogen-bond donors (Lipinski definition) is 0. The topological polar surface area (TPSA) is 46.6 Å². The molecule has 0 saturated carbocycles. The van der Waals surface area contributed by atoms with Gasteiger partial charge in [-0.25, -0.2) is 0 Å². The zero-order chi connectivity index (χ0) is 16.3. The molecule has 1 aromatic rings. The van der Waals surface area contributed by atoms with Crippen molar-refractivity contribution in [1.82, 2.24) is 4.90 Å². The zero-order valence-electron chi connectivity index (χ0n) is 14.1. The second-order valence-corrected chi connectivity index (χ2v) is 5.34. The van der Waals surface area contributed by atoms with Gasteiger partial charge in [0, 0.05) is 0 Å². The number of amides is 1. The largest absolute Gasteiger partial charge is 1.00 e. The number of carbonyl (C=O) groups excluding carboxylic acids is 2. The SMILES string of the molecule is CC(C)(C)O[C-]=O.[CH2-]CN(C[CH2-])C(=O)Cc1ccccc1.[Li+]. The van der Waals surface area contributed by atoms with Gasteiger partial charge in [-0.3, -0.25) is 4.79 Å². The predicted octanol–water partition coefficient (Wildman–Crippen LogP) is -0.401. The number of ether oxygens (including phenoxy) is 1. The third-order valence-corrected chi connectivity index (χ3v) is 2.44. The Balaban J connectivity index is 0. The molecule has 5 heteroatoms. The van der Waals surface area contributed by atoms with Crippen LogP contribution in [-0.4, -0.2) is 36.0 Å². The Morgan fingerprint density at radius 3 is 2.00 bits per heavy atom. The molecule has 0 aromatic heterocycles. The van der Waals surface area contributed by atoms with Crippen LogP contribution in [0.3, 0.4) is 0 Å². The third kappa shape index (κ3) is 11.4. The zero-order valence-corrected chi connectivity index (χ0v) is 14.1.